The van der Waals surface area contributed by atoms with Crippen molar-refractivity contribution in [3.05, 3.63) is 10.6 Å². The van der Waals surface area contributed by atoms with Crippen molar-refractivity contribution < 1.29 is 0 Å². The van der Waals surface area contributed by atoms with Crippen molar-refractivity contribution in [3.8, 4) is 0 Å². The first-order valence-electron chi connectivity index (χ1n) is 7.13. The van der Waals surface area contributed by atoms with Crippen molar-refractivity contribution >= 4 is 16.5 Å². The summed E-state index contributed by atoms with van der Waals surface area (Å²) in [7, 11) is 2.15. The van der Waals surface area contributed by atoms with Crippen LogP contribution in [-0.2, 0) is 13.0 Å². The molecule has 0 aliphatic carbocycles. The summed E-state index contributed by atoms with van der Waals surface area (Å²) in [5.74, 6) is 0. The molecule has 0 atom stereocenters. The van der Waals surface area contributed by atoms with Gasteiger partial charge in [0, 0.05) is 25.0 Å². The van der Waals surface area contributed by atoms with E-state index in [1.165, 1.54) is 35.0 Å². The zero-order chi connectivity index (χ0) is 13.4. The molecule has 1 aromatic heterocycles. The topological polar surface area (TPSA) is 28.2 Å². The maximum atomic E-state index is 4.81. The van der Waals surface area contributed by atoms with Crippen LogP contribution in [0.1, 0.15) is 50.6 Å². The second kappa shape index (κ2) is 8.48. The van der Waals surface area contributed by atoms with Crippen molar-refractivity contribution in [1.29, 1.82) is 0 Å². The summed E-state index contributed by atoms with van der Waals surface area (Å²) in [5, 5.41) is 4.59. The Hall–Kier alpha value is -0.610. The van der Waals surface area contributed by atoms with E-state index < -0.39 is 0 Å². The number of hydrogen-bond donors (Lipinski definition) is 1. The minimum atomic E-state index is 0.963. The minimum Gasteiger partial charge on any atom is -0.351 e. The molecule has 0 radical (unpaired) electrons. The van der Waals surface area contributed by atoms with Gasteiger partial charge in [-0.15, -0.1) is 11.3 Å². The predicted molar refractivity (Wildman–Crippen MR) is 81.7 cm³/mol. The Balaban J connectivity index is 2.73. The zero-order valence-electron chi connectivity index (χ0n) is 12.3. The summed E-state index contributed by atoms with van der Waals surface area (Å²) in [6.07, 6.45) is 4.74. The summed E-state index contributed by atoms with van der Waals surface area (Å²) < 4.78 is 0. The van der Waals surface area contributed by atoms with Crippen LogP contribution in [0.15, 0.2) is 0 Å². The van der Waals surface area contributed by atoms with Gasteiger partial charge in [-0.1, -0.05) is 33.6 Å². The second-order valence-corrected chi connectivity index (χ2v) is 5.73. The Morgan fingerprint density at radius 1 is 1.22 bits per heavy atom. The van der Waals surface area contributed by atoms with Gasteiger partial charge in [-0.3, -0.25) is 0 Å². The maximum absolute atomic E-state index is 4.81. The molecule has 0 unspecified atom stereocenters. The van der Waals surface area contributed by atoms with Crippen molar-refractivity contribution in [3.63, 3.8) is 0 Å². The van der Waals surface area contributed by atoms with E-state index in [1.807, 2.05) is 11.3 Å². The van der Waals surface area contributed by atoms with Gasteiger partial charge < -0.3 is 10.2 Å². The van der Waals surface area contributed by atoms with Gasteiger partial charge in [-0.05, 0) is 19.4 Å². The molecule has 4 heteroatoms. The molecule has 0 aliphatic rings. The fourth-order valence-corrected chi connectivity index (χ4v) is 2.90. The van der Waals surface area contributed by atoms with Crippen molar-refractivity contribution in [2.45, 2.75) is 53.0 Å². The lowest BCUT2D eigenvalue weighted by Crippen LogP contribution is -2.17. The van der Waals surface area contributed by atoms with E-state index in [-0.39, 0.29) is 0 Å². The monoisotopic (exact) mass is 269 g/mol. The molecule has 104 valence electrons. The van der Waals surface area contributed by atoms with Gasteiger partial charge in [-0.2, -0.15) is 0 Å². The number of aryl methyl sites for hydroxylation is 1. The number of nitrogens with one attached hydrogen (secondary N) is 1. The Labute approximate surface area is 116 Å². The van der Waals surface area contributed by atoms with Crippen LogP contribution in [0.4, 0.5) is 5.13 Å². The SMILES string of the molecule is CCCCN(C)c1nc(CCC)c(CNCC)s1. The Kier molecular flexibility index (Phi) is 7.28. The second-order valence-electron chi connectivity index (χ2n) is 4.67. The highest BCUT2D eigenvalue weighted by molar-refractivity contribution is 7.15. The van der Waals surface area contributed by atoms with Gasteiger partial charge in [0.25, 0.3) is 0 Å². The summed E-state index contributed by atoms with van der Waals surface area (Å²) in [6, 6.07) is 0. The predicted octanol–water partition coefficient (Wildman–Crippen LogP) is 3.44. The quantitative estimate of drug-likeness (QED) is 0.744. The highest BCUT2D eigenvalue weighted by Crippen LogP contribution is 2.26. The number of hydrogen-bond acceptors (Lipinski definition) is 4. The first kappa shape index (κ1) is 15.4. The first-order chi connectivity index (χ1) is 8.72. The van der Waals surface area contributed by atoms with E-state index in [0.717, 1.165) is 26.1 Å². The van der Waals surface area contributed by atoms with Gasteiger partial charge in [0.1, 0.15) is 0 Å². The lowest BCUT2D eigenvalue weighted by Gasteiger charge is -2.14. The number of rotatable bonds is 9. The van der Waals surface area contributed by atoms with Gasteiger partial charge >= 0.3 is 0 Å². The van der Waals surface area contributed by atoms with Gasteiger partial charge in [0.15, 0.2) is 5.13 Å². The van der Waals surface area contributed by atoms with Crippen LogP contribution in [0.2, 0.25) is 0 Å². The molecule has 0 saturated carbocycles. The third-order valence-electron chi connectivity index (χ3n) is 2.96. The average Bonchev–Trinajstić information content (AvgIpc) is 2.77. The molecule has 0 aliphatic heterocycles. The summed E-state index contributed by atoms with van der Waals surface area (Å²) >= 11 is 1.85. The first-order valence-corrected chi connectivity index (χ1v) is 7.94. The third-order valence-corrected chi connectivity index (χ3v) is 4.17. The minimum absolute atomic E-state index is 0.963. The molecule has 1 heterocycles. The van der Waals surface area contributed by atoms with Crippen molar-refractivity contribution in [2.75, 3.05) is 25.0 Å². The molecule has 0 spiro atoms. The summed E-state index contributed by atoms with van der Waals surface area (Å²) in [5.41, 5.74) is 1.29. The zero-order valence-corrected chi connectivity index (χ0v) is 13.1. The molecule has 3 nitrogen and oxygen atoms in total. The maximum Gasteiger partial charge on any atom is 0.185 e. The van der Waals surface area contributed by atoms with E-state index in [2.05, 4.69) is 38.0 Å². The van der Waals surface area contributed by atoms with Crippen LogP contribution in [0.3, 0.4) is 0 Å². The van der Waals surface area contributed by atoms with Crippen LogP contribution in [-0.4, -0.2) is 25.1 Å². The normalized spacial score (nSPS) is 10.9. The molecule has 1 aromatic rings. The highest BCUT2D eigenvalue weighted by Gasteiger charge is 2.12. The highest BCUT2D eigenvalue weighted by atomic mass is 32.1. The van der Waals surface area contributed by atoms with Crippen LogP contribution in [0.25, 0.3) is 0 Å². The molecule has 18 heavy (non-hydrogen) atoms. The Bertz CT molecular complexity index is 336. The Morgan fingerprint density at radius 3 is 2.61 bits per heavy atom. The smallest absolute Gasteiger partial charge is 0.185 e. The fraction of sp³-hybridized carbons (Fsp3) is 0.786. The van der Waals surface area contributed by atoms with Gasteiger partial charge in [0.05, 0.1) is 5.69 Å². The number of aromatic nitrogens is 1. The van der Waals surface area contributed by atoms with Crippen LogP contribution < -0.4 is 10.2 Å². The van der Waals surface area contributed by atoms with Gasteiger partial charge in [0.2, 0.25) is 0 Å². The summed E-state index contributed by atoms with van der Waals surface area (Å²) in [4.78, 5) is 8.52. The van der Waals surface area contributed by atoms with Crippen LogP contribution in [0.5, 0.6) is 0 Å². The lowest BCUT2D eigenvalue weighted by atomic mass is 10.2. The fourth-order valence-electron chi connectivity index (χ4n) is 1.83. The number of anilines is 1. The molecular weight excluding hydrogens is 242 g/mol. The molecule has 0 amide bonds. The average molecular weight is 269 g/mol. The lowest BCUT2D eigenvalue weighted by molar-refractivity contribution is 0.722. The standard InChI is InChI=1S/C14H27N3S/c1-5-8-10-17(4)14-16-12(9-6-2)13(18-14)11-15-7-3/h15H,5-11H2,1-4H3. The third kappa shape index (κ3) is 4.58. The van der Waals surface area contributed by atoms with Crippen molar-refractivity contribution in [2.24, 2.45) is 0 Å². The van der Waals surface area contributed by atoms with Crippen LogP contribution in [0, 0.1) is 0 Å². The largest absolute Gasteiger partial charge is 0.351 e. The van der Waals surface area contributed by atoms with Crippen LogP contribution >= 0.6 is 11.3 Å². The van der Waals surface area contributed by atoms with E-state index in [0.29, 0.717) is 0 Å². The molecule has 0 saturated heterocycles. The van der Waals surface area contributed by atoms with Crippen molar-refractivity contribution in [1.82, 2.24) is 10.3 Å². The molecule has 1 N–H and O–H groups in total. The number of nitrogens with zero attached hydrogens (tertiary/aromatic N) is 2. The van der Waals surface area contributed by atoms with E-state index in [9.17, 15) is 0 Å². The summed E-state index contributed by atoms with van der Waals surface area (Å²) in [6.45, 7) is 9.69. The molecule has 0 bridgehead atoms. The molecule has 0 fully saturated rings. The Morgan fingerprint density at radius 2 is 2.00 bits per heavy atom. The number of thiazole rings is 1. The molecule has 1 rings (SSSR count). The van der Waals surface area contributed by atoms with Gasteiger partial charge in [-0.25, -0.2) is 4.98 Å². The van der Waals surface area contributed by atoms with E-state index >= 15 is 0 Å². The molecular formula is C14H27N3S. The number of unbranched alkanes of at least 4 members (excludes halogenated alkanes) is 1. The van der Waals surface area contributed by atoms with E-state index in [1.54, 1.807) is 0 Å². The van der Waals surface area contributed by atoms with E-state index in [4.69, 9.17) is 4.98 Å². The molecule has 0 aromatic carbocycles.